The van der Waals surface area contributed by atoms with Crippen LogP contribution in [0.2, 0.25) is 0 Å². The number of hydrogen-bond acceptors (Lipinski definition) is 7. The van der Waals surface area contributed by atoms with Crippen molar-refractivity contribution in [1.29, 1.82) is 0 Å². The first-order valence-electron chi connectivity index (χ1n) is 8.10. The molecule has 0 atom stereocenters. The molecule has 0 bridgehead atoms. The van der Waals surface area contributed by atoms with Crippen LogP contribution in [0.5, 0.6) is 0 Å². The summed E-state index contributed by atoms with van der Waals surface area (Å²) in [6, 6.07) is 8.68. The molecule has 0 fully saturated rings. The SMILES string of the molecule is CCOC(=O)CCc1ccc(C=CC(=O)Nc2cccc3nonc23)o1. The number of aromatic nitrogens is 2. The third kappa shape index (κ3) is 4.35. The molecule has 0 aliphatic heterocycles. The first-order valence-corrected chi connectivity index (χ1v) is 8.10. The normalized spacial score (nSPS) is 11.1. The molecular formula is C18H17N3O5. The summed E-state index contributed by atoms with van der Waals surface area (Å²) in [7, 11) is 0. The molecule has 0 aliphatic rings. The van der Waals surface area contributed by atoms with Gasteiger partial charge in [-0.1, -0.05) is 6.07 Å². The van der Waals surface area contributed by atoms with Crippen molar-refractivity contribution in [2.24, 2.45) is 0 Å². The van der Waals surface area contributed by atoms with Crippen LogP contribution in [0.25, 0.3) is 17.1 Å². The molecule has 1 N–H and O–H groups in total. The maximum atomic E-state index is 12.1. The number of anilines is 1. The molecule has 0 saturated carbocycles. The van der Waals surface area contributed by atoms with Crippen LogP contribution in [0.15, 0.2) is 45.5 Å². The van der Waals surface area contributed by atoms with E-state index in [9.17, 15) is 9.59 Å². The molecule has 0 saturated heterocycles. The maximum absolute atomic E-state index is 12.1. The number of nitrogens with one attached hydrogen (secondary N) is 1. The number of fused-ring (bicyclic) bond motifs is 1. The van der Waals surface area contributed by atoms with Gasteiger partial charge in [0.05, 0.1) is 18.7 Å². The van der Waals surface area contributed by atoms with Gasteiger partial charge in [-0.25, -0.2) is 4.63 Å². The van der Waals surface area contributed by atoms with Crippen molar-refractivity contribution in [2.75, 3.05) is 11.9 Å². The van der Waals surface area contributed by atoms with Gasteiger partial charge < -0.3 is 14.5 Å². The van der Waals surface area contributed by atoms with Gasteiger partial charge in [-0.3, -0.25) is 9.59 Å². The number of hydrogen-bond donors (Lipinski definition) is 1. The average Bonchev–Trinajstić information content (AvgIpc) is 3.28. The van der Waals surface area contributed by atoms with E-state index in [4.69, 9.17) is 9.15 Å². The van der Waals surface area contributed by atoms with Gasteiger partial charge >= 0.3 is 5.97 Å². The number of carbonyl (C=O) groups excluding carboxylic acids is 2. The Bertz CT molecular complexity index is 941. The fourth-order valence-electron chi connectivity index (χ4n) is 2.32. The zero-order chi connectivity index (χ0) is 18.4. The molecule has 0 aliphatic carbocycles. The van der Waals surface area contributed by atoms with Crippen molar-refractivity contribution in [3.63, 3.8) is 0 Å². The molecule has 2 heterocycles. The van der Waals surface area contributed by atoms with Gasteiger partial charge in [0.1, 0.15) is 17.0 Å². The highest BCUT2D eigenvalue weighted by atomic mass is 16.6. The zero-order valence-electron chi connectivity index (χ0n) is 14.1. The van der Waals surface area contributed by atoms with Gasteiger partial charge in [-0.2, -0.15) is 0 Å². The number of esters is 1. The van der Waals surface area contributed by atoms with Crippen LogP contribution in [0.1, 0.15) is 24.9 Å². The van der Waals surface area contributed by atoms with Crippen molar-refractivity contribution in [2.45, 2.75) is 19.8 Å². The third-order valence-electron chi connectivity index (χ3n) is 3.51. The molecule has 134 valence electrons. The van der Waals surface area contributed by atoms with Crippen LogP contribution in [-0.4, -0.2) is 28.8 Å². The summed E-state index contributed by atoms with van der Waals surface area (Å²) in [6.45, 7) is 2.12. The Morgan fingerprint density at radius 3 is 2.96 bits per heavy atom. The first-order chi connectivity index (χ1) is 12.7. The molecule has 3 rings (SSSR count). The van der Waals surface area contributed by atoms with E-state index in [0.717, 1.165) is 0 Å². The van der Waals surface area contributed by atoms with Crippen molar-refractivity contribution in [1.82, 2.24) is 10.3 Å². The van der Waals surface area contributed by atoms with Gasteiger partial charge in [0.2, 0.25) is 5.91 Å². The smallest absolute Gasteiger partial charge is 0.306 e. The topological polar surface area (TPSA) is 107 Å². The minimum atomic E-state index is -0.343. The van der Waals surface area contributed by atoms with E-state index in [2.05, 4.69) is 20.3 Å². The molecule has 1 amide bonds. The van der Waals surface area contributed by atoms with Gasteiger partial charge in [0.15, 0.2) is 5.52 Å². The maximum Gasteiger partial charge on any atom is 0.306 e. The number of benzene rings is 1. The molecule has 2 aromatic heterocycles. The van der Waals surface area contributed by atoms with Gasteiger partial charge in [-0.05, 0) is 47.6 Å². The fraction of sp³-hybridized carbons (Fsp3) is 0.222. The van der Waals surface area contributed by atoms with Crippen LogP contribution < -0.4 is 5.32 Å². The Morgan fingerprint density at radius 1 is 1.23 bits per heavy atom. The lowest BCUT2D eigenvalue weighted by Crippen LogP contribution is -2.08. The molecule has 26 heavy (non-hydrogen) atoms. The summed E-state index contributed by atoms with van der Waals surface area (Å²) >= 11 is 0. The Hall–Kier alpha value is -3.42. The average molecular weight is 355 g/mol. The van der Waals surface area contributed by atoms with Crippen LogP contribution in [0.3, 0.4) is 0 Å². The first kappa shape index (κ1) is 17.4. The lowest BCUT2D eigenvalue weighted by atomic mass is 10.2. The lowest BCUT2D eigenvalue weighted by molar-refractivity contribution is -0.143. The molecule has 3 aromatic rings. The van der Waals surface area contributed by atoms with Gasteiger partial charge in [-0.15, -0.1) is 0 Å². The number of furan rings is 1. The van der Waals surface area contributed by atoms with Crippen LogP contribution in [0.4, 0.5) is 5.69 Å². The van der Waals surface area contributed by atoms with Crippen molar-refractivity contribution in [3.05, 3.63) is 47.9 Å². The lowest BCUT2D eigenvalue weighted by Gasteiger charge is -2.01. The number of nitrogens with zero attached hydrogens (tertiary/aromatic N) is 2. The summed E-state index contributed by atoms with van der Waals surface area (Å²) in [5, 5.41) is 10.2. The third-order valence-corrected chi connectivity index (χ3v) is 3.51. The number of carbonyl (C=O) groups is 2. The molecule has 1 aromatic carbocycles. The van der Waals surface area contributed by atoms with Crippen molar-refractivity contribution in [3.8, 4) is 0 Å². The summed E-state index contributed by atoms with van der Waals surface area (Å²) in [6.07, 6.45) is 3.59. The number of ether oxygens (including phenoxy) is 1. The highest BCUT2D eigenvalue weighted by molar-refractivity contribution is 6.05. The molecular weight excluding hydrogens is 338 g/mol. The largest absolute Gasteiger partial charge is 0.466 e. The highest BCUT2D eigenvalue weighted by Gasteiger charge is 2.09. The summed E-state index contributed by atoms with van der Waals surface area (Å²) in [5.41, 5.74) is 1.55. The Labute approximate surface area is 148 Å². The second-order valence-electron chi connectivity index (χ2n) is 5.37. The minimum absolute atomic E-state index is 0.251. The van der Waals surface area contributed by atoms with Crippen LogP contribution in [-0.2, 0) is 20.7 Å². The molecule has 8 nitrogen and oxygen atoms in total. The van der Waals surface area contributed by atoms with Crippen LogP contribution in [0, 0.1) is 0 Å². The van der Waals surface area contributed by atoms with Crippen molar-refractivity contribution >= 4 is 34.7 Å². The van der Waals surface area contributed by atoms with E-state index >= 15 is 0 Å². The Balaban J connectivity index is 1.57. The highest BCUT2D eigenvalue weighted by Crippen LogP contribution is 2.19. The zero-order valence-corrected chi connectivity index (χ0v) is 14.1. The molecule has 0 spiro atoms. The Kier molecular flexibility index (Phi) is 5.43. The standard InChI is InChI=1S/C18H17N3O5/c1-2-24-17(23)11-9-13-7-6-12(25-13)8-10-16(22)19-14-4-3-5-15-18(14)21-26-20-15/h3-8,10H,2,9,11H2,1H3,(H,19,22). The fourth-order valence-corrected chi connectivity index (χ4v) is 2.32. The second-order valence-corrected chi connectivity index (χ2v) is 5.37. The van der Waals surface area contributed by atoms with E-state index in [1.165, 1.54) is 6.08 Å². The van der Waals surface area contributed by atoms with E-state index in [1.807, 2.05) is 0 Å². The summed E-state index contributed by atoms with van der Waals surface area (Å²) in [5.74, 6) is 0.554. The summed E-state index contributed by atoms with van der Waals surface area (Å²) < 4.78 is 15.1. The van der Waals surface area contributed by atoms with E-state index in [-0.39, 0.29) is 18.3 Å². The number of rotatable bonds is 7. The van der Waals surface area contributed by atoms with Gasteiger partial charge in [0.25, 0.3) is 0 Å². The Morgan fingerprint density at radius 2 is 2.12 bits per heavy atom. The second kappa shape index (κ2) is 8.11. The number of amides is 1. The van der Waals surface area contributed by atoms with Crippen LogP contribution >= 0.6 is 0 Å². The van der Waals surface area contributed by atoms with Crippen molar-refractivity contribution < 1.29 is 23.4 Å². The molecule has 0 radical (unpaired) electrons. The predicted octanol–water partition coefficient (Wildman–Crippen LogP) is 2.96. The summed E-state index contributed by atoms with van der Waals surface area (Å²) in [4.78, 5) is 23.4. The number of aryl methyl sites for hydroxylation is 1. The molecule has 8 heteroatoms. The molecule has 0 unspecified atom stereocenters. The monoisotopic (exact) mass is 355 g/mol. The van der Waals surface area contributed by atoms with E-state index < -0.39 is 0 Å². The van der Waals surface area contributed by atoms with Gasteiger partial charge in [0, 0.05) is 12.5 Å². The minimum Gasteiger partial charge on any atom is -0.466 e. The van der Waals surface area contributed by atoms with E-state index in [0.29, 0.717) is 41.3 Å². The predicted molar refractivity (Wildman–Crippen MR) is 93.1 cm³/mol. The quantitative estimate of drug-likeness (QED) is 0.513. The van der Waals surface area contributed by atoms with E-state index in [1.54, 1.807) is 43.3 Å².